The quantitative estimate of drug-likeness (QED) is 0.664. The Bertz CT molecular complexity index is 555. The Morgan fingerprint density at radius 1 is 1.40 bits per heavy atom. The Morgan fingerprint density at radius 3 is 2.75 bits per heavy atom. The van der Waals surface area contributed by atoms with Gasteiger partial charge >= 0.3 is 0 Å². The molecular weight excluding hydrogens is 258 g/mol. The van der Waals surface area contributed by atoms with Crippen molar-refractivity contribution >= 4 is 11.9 Å². The first-order valence-corrected chi connectivity index (χ1v) is 6.26. The number of hydrogen-bond donors (Lipinski definition) is 3. The molecule has 0 aliphatic heterocycles. The average Bonchev–Trinajstić information content (AvgIpc) is 2.84. The fourth-order valence-corrected chi connectivity index (χ4v) is 1.87. The van der Waals surface area contributed by atoms with E-state index in [4.69, 9.17) is 5.73 Å². The first-order valence-electron chi connectivity index (χ1n) is 6.26. The van der Waals surface area contributed by atoms with Crippen molar-refractivity contribution < 1.29 is 9.90 Å². The van der Waals surface area contributed by atoms with Crippen molar-refractivity contribution in [1.82, 2.24) is 20.1 Å². The third-order valence-corrected chi connectivity index (χ3v) is 2.77. The highest BCUT2D eigenvalue weighted by Gasteiger charge is 2.13. The van der Waals surface area contributed by atoms with Crippen LogP contribution in [0.4, 0.5) is 5.95 Å². The van der Waals surface area contributed by atoms with Crippen molar-refractivity contribution in [1.29, 1.82) is 0 Å². The number of nitrogen functional groups attached to an aromatic ring is 1. The zero-order valence-corrected chi connectivity index (χ0v) is 10.9. The molecule has 1 aromatic heterocycles. The van der Waals surface area contributed by atoms with Gasteiger partial charge in [-0.3, -0.25) is 4.79 Å². The van der Waals surface area contributed by atoms with Gasteiger partial charge in [0.2, 0.25) is 11.9 Å². The SMILES string of the molecule is Nc1ncn(CC(=O)N[C@H](CO)Cc2ccccc2)n1. The zero-order chi connectivity index (χ0) is 14.4. The Hall–Kier alpha value is -2.41. The first kappa shape index (κ1) is 14.0. The van der Waals surface area contributed by atoms with E-state index in [9.17, 15) is 9.90 Å². The summed E-state index contributed by atoms with van der Waals surface area (Å²) in [4.78, 5) is 15.6. The van der Waals surface area contributed by atoms with Gasteiger partial charge < -0.3 is 16.2 Å². The number of nitrogens with two attached hydrogens (primary N) is 1. The maximum absolute atomic E-state index is 11.8. The van der Waals surface area contributed by atoms with E-state index >= 15 is 0 Å². The number of aliphatic hydroxyl groups is 1. The number of carbonyl (C=O) groups is 1. The molecule has 0 saturated carbocycles. The first-order chi connectivity index (χ1) is 9.67. The second-order valence-corrected chi connectivity index (χ2v) is 4.44. The van der Waals surface area contributed by atoms with Crippen LogP contribution in [-0.2, 0) is 17.8 Å². The molecule has 20 heavy (non-hydrogen) atoms. The highest BCUT2D eigenvalue weighted by Crippen LogP contribution is 2.03. The molecule has 1 aromatic carbocycles. The van der Waals surface area contributed by atoms with Crippen molar-refractivity contribution in [2.24, 2.45) is 0 Å². The van der Waals surface area contributed by atoms with E-state index in [0.29, 0.717) is 6.42 Å². The van der Waals surface area contributed by atoms with E-state index in [0.717, 1.165) is 5.56 Å². The summed E-state index contributed by atoms with van der Waals surface area (Å²) in [5, 5.41) is 15.9. The van der Waals surface area contributed by atoms with Crippen molar-refractivity contribution in [3.63, 3.8) is 0 Å². The second kappa shape index (κ2) is 6.67. The van der Waals surface area contributed by atoms with Gasteiger partial charge in [0, 0.05) is 0 Å². The molecule has 0 unspecified atom stereocenters. The minimum Gasteiger partial charge on any atom is -0.394 e. The Balaban J connectivity index is 1.88. The molecule has 0 fully saturated rings. The molecule has 2 aromatic rings. The van der Waals surface area contributed by atoms with Crippen molar-refractivity contribution in [2.75, 3.05) is 12.3 Å². The second-order valence-electron chi connectivity index (χ2n) is 4.44. The molecule has 1 amide bonds. The summed E-state index contributed by atoms with van der Waals surface area (Å²) in [6.45, 7) is -0.102. The Labute approximate surface area is 116 Å². The lowest BCUT2D eigenvalue weighted by Crippen LogP contribution is -2.40. The maximum Gasteiger partial charge on any atom is 0.242 e. The van der Waals surface area contributed by atoms with Gasteiger partial charge in [-0.2, -0.15) is 0 Å². The Morgan fingerprint density at radius 2 is 2.15 bits per heavy atom. The predicted molar refractivity (Wildman–Crippen MR) is 73.6 cm³/mol. The standard InChI is InChI=1S/C13H17N5O2/c14-13-15-9-18(17-13)7-12(20)16-11(8-19)6-10-4-2-1-3-5-10/h1-5,9,11,19H,6-8H2,(H2,14,17)(H,16,20)/t11-/m0/s1. The molecule has 2 rings (SSSR count). The van der Waals surface area contributed by atoms with Crippen LogP contribution < -0.4 is 11.1 Å². The highest BCUT2D eigenvalue weighted by atomic mass is 16.3. The van der Waals surface area contributed by atoms with E-state index in [2.05, 4.69) is 15.4 Å². The monoisotopic (exact) mass is 275 g/mol. The van der Waals surface area contributed by atoms with E-state index in [1.165, 1.54) is 11.0 Å². The zero-order valence-electron chi connectivity index (χ0n) is 10.9. The van der Waals surface area contributed by atoms with E-state index in [-0.39, 0.29) is 31.0 Å². The van der Waals surface area contributed by atoms with Gasteiger partial charge in [0.1, 0.15) is 12.9 Å². The molecule has 0 aliphatic carbocycles. The van der Waals surface area contributed by atoms with Crippen molar-refractivity contribution in [2.45, 2.75) is 19.0 Å². The molecule has 0 spiro atoms. The third kappa shape index (κ3) is 4.06. The largest absolute Gasteiger partial charge is 0.394 e. The number of benzene rings is 1. The highest BCUT2D eigenvalue weighted by molar-refractivity contribution is 5.76. The summed E-state index contributed by atoms with van der Waals surface area (Å²) in [5.41, 5.74) is 6.42. The van der Waals surface area contributed by atoms with Crippen LogP contribution in [0.2, 0.25) is 0 Å². The molecule has 0 bridgehead atoms. The molecule has 7 nitrogen and oxygen atoms in total. The molecule has 0 aliphatic rings. The molecular formula is C13H17N5O2. The van der Waals surface area contributed by atoms with E-state index in [1.54, 1.807) is 0 Å². The van der Waals surface area contributed by atoms with Gasteiger partial charge in [-0.15, -0.1) is 5.10 Å². The molecule has 1 atom stereocenters. The molecule has 7 heteroatoms. The summed E-state index contributed by atoms with van der Waals surface area (Å²) in [6.07, 6.45) is 1.96. The van der Waals surface area contributed by atoms with Crippen LogP contribution in [0.5, 0.6) is 0 Å². The number of aliphatic hydroxyl groups excluding tert-OH is 1. The summed E-state index contributed by atoms with van der Waals surface area (Å²) in [6, 6.07) is 9.34. The molecule has 4 N–H and O–H groups in total. The predicted octanol–water partition coefficient (Wildman–Crippen LogP) is -0.420. The summed E-state index contributed by atoms with van der Waals surface area (Å²) in [7, 11) is 0. The number of nitrogens with one attached hydrogen (secondary N) is 1. The fraction of sp³-hybridized carbons (Fsp3) is 0.308. The van der Waals surface area contributed by atoms with Crippen LogP contribution in [-0.4, -0.2) is 38.4 Å². The molecule has 1 heterocycles. The van der Waals surface area contributed by atoms with Gasteiger partial charge in [-0.05, 0) is 12.0 Å². The Kier molecular flexibility index (Phi) is 4.67. The maximum atomic E-state index is 11.8. The number of carbonyl (C=O) groups excluding carboxylic acids is 1. The number of amides is 1. The van der Waals surface area contributed by atoms with E-state index in [1.807, 2.05) is 30.3 Å². The minimum absolute atomic E-state index is 0.0233. The van der Waals surface area contributed by atoms with Gasteiger partial charge in [-0.25, -0.2) is 9.67 Å². The number of nitrogens with zero attached hydrogens (tertiary/aromatic N) is 3. The van der Waals surface area contributed by atoms with Crippen LogP contribution >= 0.6 is 0 Å². The molecule has 0 saturated heterocycles. The molecule has 0 radical (unpaired) electrons. The number of hydrogen-bond acceptors (Lipinski definition) is 5. The van der Waals surface area contributed by atoms with Gasteiger partial charge in [0.05, 0.1) is 12.6 Å². The van der Waals surface area contributed by atoms with Crippen LogP contribution in [0.25, 0.3) is 0 Å². The lowest BCUT2D eigenvalue weighted by molar-refractivity contribution is -0.122. The fourth-order valence-electron chi connectivity index (χ4n) is 1.87. The normalized spacial score (nSPS) is 12.1. The lowest BCUT2D eigenvalue weighted by atomic mass is 10.1. The average molecular weight is 275 g/mol. The van der Waals surface area contributed by atoms with Crippen LogP contribution in [0, 0.1) is 0 Å². The van der Waals surface area contributed by atoms with Gasteiger partial charge in [-0.1, -0.05) is 30.3 Å². The smallest absolute Gasteiger partial charge is 0.242 e. The van der Waals surface area contributed by atoms with Crippen molar-refractivity contribution in [3.05, 3.63) is 42.2 Å². The minimum atomic E-state index is -0.328. The topological polar surface area (TPSA) is 106 Å². The number of rotatable bonds is 6. The van der Waals surface area contributed by atoms with Crippen molar-refractivity contribution in [3.8, 4) is 0 Å². The van der Waals surface area contributed by atoms with Gasteiger partial charge in [0.15, 0.2) is 0 Å². The third-order valence-electron chi connectivity index (χ3n) is 2.77. The number of anilines is 1. The lowest BCUT2D eigenvalue weighted by Gasteiger charge is -2.16. The van der Waals surface area contributed by atoms with Crippen LogP contribution in [0.1, 0.15) is 5.56 Å². The summed E-state index contributed by atoms with van der Waals surface area (Å²) in [5.74, 6) is -0.120. The molecule has 106 valence electrons. The van der Waals surface area contributed by atoms with Crippen LogP contribution in [0.3, 0.4) is 0 Å². The number of aromatic nitrogens is 3. The summed E-state index contributed by atoms with van der Waals surface area (Å²) < 4.78 is 1.35. The summed E-state index contributed by atoms with van der Waals surface area (Å²) >= 11 is 0. The van der Waals surface area contributed by atoms with Crippen LogP contribution in [0.15, 0.2) is 36.7 Å². The van der Waals surface area contributed by atoms with Gasteiger partial charge in [0.25, 0.3) is 0 Å². The van der Waals surface area contributed by atoms with E-state index < -0.39 is 0 Å².